The summed E-state index contributed by atoms with van der Waals surface area (Å²) in [5.41, 5.74) is 3.99. The third-order valence-electron chi connectivity index (χ3n) is 8.96. The van der Waals surface area contributed by atoms with Crippen LogP contribution in [0.25, 0.3) is 10.2 Å². The van der Waals surface area contributed by atoms with Crippen LogP contribution in [0.4, 0.5) is 10.9 Å². The van der Waals surface area contributed by atoms with E-state index in [0.29, 0.717) is 61.4 Å². The van der Waals surface area contributed by atoms with Crippen molar-refractivity contribution in [2.45, 2.75) is 77.9 Å². The lowest BCUT2D eigenvalue weighted by molar-refractivity contribution is 0.00613. The van der Waals surface area contributed by atoms with Crippen LogP contribution in [-0.4, -0.2) is 62.0 Å². The van der Waals surface area contributed by atoms with E-state index in [1.165, 1.54) is 11.3 Å². The summed E-state index contributed by atoms with van der Waals surface area (Å²) in [6, 6.07) is 28.5. The van der Waals surface area contributed by atoms with Crippen LogP contribution in [0, 0.1) is 0 Å². The number of fused-ring (bicyclic) bond motifs is 2. The van der Waals surface area contributed by atoms with Gasteiger partial charge in [0.05, 0.1) is 16.8 Å². The molecule has 1 aliphatic heterocycles. The zero-order chi connectivity index (χ0) is 37.6. The molecule has 0 N–H and O–H groups in total. The molecule has 0 radical (unpaired) electrons. The van der Waals surface area contributed by atoms with Gasteiger partial charge in [0.1, 0.15) is 23.9 Å². The average Bonchev–Trinajstić information content (AvgIpc) is 3.56. The van der Waals surface area contributed by atoms with Crippen molar-refractivity contribution in [3.63, 3.8) is 0 Å². The molecule has 5 aromatic rings. The van der Waals surface area contributed by atoms with E-state index in [1.54, 1.807) is 4.90 Å². The molecule has 0 aliphatic carbocycles. The van der Waals surface area contributed by atoms with Crippen molar-refractivity contribution < 1.29 is 23.8 Å². The van der Waals surface area contributed by atoms with E-state index in [-0.39, 0.29) is 12.6 Å². The summed E-state index contributed by atoms with van der Waals surface area (Å²) in [5.74, 6) is 0.883. The molecule has 1 amide bonds. The van der Waals surface area contributed by atoms with Gasteiger partial charge in [-0.25, -0.2) is 14.8 Å². The van der Waals surface area contributed by atoms with Crippen molar-refractivity contribution >= 4 is 52.5 Å². The number of ether oxygens (including phenoxy) is 3. The summed E-state index contributed by atoms with van der Waals surface area (Å²) in [6.07, 6.45) is 2.05. The minimum atomic E-state index is -1.32. The van der Waals surface area contributed by atoms with Gasteiger partial charge in [0.2, 0.25) is 0 Å². The molecule has 0 saturated carbocycles. The van der Waals surface area contributed by atoms with Crippen LogP contribution >= 0.6 is 11.3 Å². The maximum Gasteiger partial charge on any atom is 0.357 e. The number of nitrogens with zero attached hydrogens (tertiary/aromatic N) is 4. The fourth-order valence-corrected chi connectivity index (χ4v) is 7.87. The minimum Gasteiger partial charge on any atom is -0.494 e. The van der Waals surface area contributed by atoms with E-state index in [9.17, 15) is 9.59 Å². The molecule has 9 nitrogen and oxygen atoms in total. The SMILES string of the molecule is CC(C)(C)OC(=O)c1nc(N2CCc3cccc(C(=O)N(COCC[Si](C)(C)C)c4nc5ccccc5s4)c3C2)ccc1CCCOc1ccccc1. The van der Waals surface area contributed by atoms with Crippen LogP contribution in [0.3, 0.4) is 0 Å². The molecular formula is C42H50N4O5SSi. The second-order valence-electron chi connectivity index (χ2n) is 15.6. The second-order valence-corrected chi connectivity index (χ2v) is 22.2. The smallest absolute Gasteiger partial charge is 0.357 e. The Morgan fingerprint density at radius 1 is 0.906 bits per heavy atom. The molecule has 2 aromatic heterocycles. The number of aromatic nitrogens is 2. The molecule has 278 valence electrons. The Labute approximate surface area is 317 Å². The van der Waals surface area contributed by atoms with Crippen molar-refractivity contribution in [3.8, 4) is 5.75 Å². The fraction of sp³-hybridized carbons (Fsp3) is 0.381. The predicted molar refractivity (Wildman–Crippen MR) is 216 cm³/mol. The first-order valence-electron chi connectivity index (χ1n) is 18.4. The van der Waals surface area contributed by atoms with Crippen molar-refractivity contribution in [2.24, 2.45) is 0 Å². The first kappa shape index (κ1) is 38.2. The predicted octanol–water partition coefficient (Wildman–Crippen LogP) is 9.18. The third-order valence-corrected chi connectivity index (χ3v) is 11.7. The number of carbonyl (C=O) groups is 2. The Morgan fingerprint density at radius 3 is 2.43 bits per heavy atom. The highest BCUT2D eigenvalue weighted by Gasteiger charge is 2.29. The Hall–Kier alpha value is -4.58. The third kappa shape index (κ3) is 10.1. The number of para-hydroxylation sites is 2. The van der Waals surface area contributed by atoms with Gasteiger partial charge < -0.3 is 19.1 Å². The van der Waals surface area contributed by atoms with Gasteiger partial charge >= 0.3 is 5.97 Å². The Morgan fingerprint density at radius 2 is 1.68 bits per heavy atom. The lowest BCUT2D eigenvalue weighted by Gasteiger charge is -2.32. The number of carbonyl (C=O) groups excluding carboxylic acids is 2. The van der Waals surface area contributed by atoms with Crippen LogP contribution in [-0.2, 0) is 28.9 Å². The number of amides is 1. The molecule has 6 rings (SSSR count). The highest BCUT2D eigenvalue weighted by atomic mass is 32.1. The van der Waals surface area contributed by atoms with E-state index in [0.717, 1.165) is 45.1 Å². The molecule has 3 heterocycles. The van der Waals surface area contributed by atoms with Gasteiger partial charge in [0.25, 0.3) is 5.91 Å². The number of esters is 1. The van der Waals surface area contributed by atoms with Crippen LogP contribution in [0.5, 0.6) is 5.75 Å². The van der Waals surface area contributed by atoms with Gasteiger partial charge in [-0.2, -0.15) is 0 Å². The molecule has 0 spiro atoms. The Bertz CT molecular complexity index is 2010. The van der Waals surface area contributed by atoms with E-state index in [1.807, 2.05) is 99.6 Å². The van der Waals surface area contributed by atoms with Crippen molar-refractivity contribution in [1.82, 2.24) is 9.97 Å². The summed E-state index contributed by atoms with van der Waals surface area (Å²) >= 11 is 1.49. The van der Waals surface area contributed by atoms with Crippen molar-refractivity contribution in [1.29, 1.82) is 0 Å². The molecule has 1 aliphatic rings. The van der Waals surface area contributed by atoms with E-state index >= 15 is 0 Å². The summed E-state index contributed by atoms with van der Waals surface area (Å²) in [6.45, 7) is 14.9. The quantitative estimate of drug-likeness (QED) is 0.0480. The number of rotatable bonds is 14. The molecule has 0 fully saturated rings. The maximum atomic E-state index is 14.6. The van der Waals surface area contributed by atoms with Crippen molar-refractivity contribution in [3.05, 3.63) is 113 Å². The molecule has 0 bridgehead atoms. The molecular weight excluding hydrogens is 701 g/mol. The van der Waals surface area contributed by atoms with E-state index < -0.39 is 19.6 Å². The van der Waals surface area contributed by atoms with Gasteiger partial charge in [-0.1, -0.05) is 79.5 Å². The zero-order valence-corrected chi connectivity index (χ0v) is 33.5. The molecule has 11 heteroatoms. The normalized spacial score (nSPS) is 13.1. The number of aryl methyl sites for hydroxylation is 1. The summed E-state index contributed by atoms with van der Waals surface area (Å²) in [5, 5.41) is 0.614. The van der Waals surface area contributed by atoms with E-state index in [4.69, 9.17) is 24.2 Å². The summed E-state index contributed by atoms with van der Waals surface area (Å²) < 4.78 is 18.9. The molecule has 0 unspecified atom stereocenters. The number of pyridine rings is 1. The standard InChI is InChI=1S/C42H50N4O5SSi/c1-42(2,3)51-40(48)38-31(15-13-25-50-32-16-8-7-9-17-32)21-22-37(44-38)45-24-23-30-14-12-18-33(34(30)28-45)39(47)46(29-49-26-27-53(4,5)6)41-43-35-19-10-11-20-36(35)52-41/h7-12,14,16-22H,13,15,23-29H2,1-6H3. The molecule has 0 saturated heterocycles. The van der Waals surface area contributed by atoms with Crippen molar-refractivity contribution in [2.75, 3.05) is 36.3 Å². The first-order valence-corrected chi connectivity index (χ1v) is 22.9. The Kier molecular flexibility index (Phi) is 12.0. The maximum absolute atomic E-state index is 14.6. The van der Waals surface area contributed by atoms with Gasteiger partial charge in [-0.15, -0.1) is 0 Å². The topological polar surface area (TPSA) is 94.1 Å². The number of hydrogen-bond acceptors (Lipinski definition) is 9. The van der Waals surface area contributed by atoms with Crippen LogP contribution in [0.1, 0.15) is 64.7 Å². The Balaban J connectivity index is 1.25. The lowest BCUT2D eigenvalue weighted by Crippen LogP contribution is -2.37. The van der Waals surface area contributed by atoms with Gasteiger partial charge in [-0.3, -0.25) is 9.69 Å². The zero-order valence-electron chi connectivity index (χ0n) is 31.7. The number of hydrogen-bond donors (Lipinski definition) is 0. The largest absolute Gasteiger partial charge is 0.494 e. The lowest BCUT2D eigenvalue weighted by atomic mass is 9.94. The second kappa shape index (κ2) is 16.6. The average molecular weight is 751 g/mol. The highest BCUT2D eigenvalue weighted by molar-refractivity contribution is 7.22. The monoisotopic (exact) mass is 750 g/mol. The number of thiazole rings is 1. The molecule has 53 heavy (non-hydrogen) atoms. The van der Waals surface area contributed by atoms with Gasteiger partial charge in [0, 0.05) is 33.3 Å². The van der Waals surface area contributed by atoms with Gasteiger partial charge in [0.15, 0.2) is 10.8 Å². The molecule has 3 aromatic carbocycles. The number of anilines is 2. The van der Waals surface area contributed by atoms with Crippen LogP contribution in [0.2, 0.25) is 25.7 Å². The summed E-state index contributed by atoms with van der Waals surface area (Å²) in [7, 11) is -1.32. The van der Waals surface area contributed by atoms with Crippen LogP contribution in [0.15, 0.2) is 84.9 Å². The first-order chi connectivity index (χ1) is 25.3. The van der Waals surface area contributed by atoms with Crippen LogP contribution < -0.4 is 14.5 Å². The molecule has 0 atom stereocenters. The number of benzene rings is 3. The minimum absolute atomic E-state index is 0.120. The van der Waals surface area contributed by atoms with E-state index in [2.05, 4.69) is 30.6 Å². The fourth-order valence-electron chi connectivity index (χ4n) is 6.16. The summed E-state index contributed by atoms with van der Waals surface area (Å²) in [4.78, 5) is 41.7. The highest BCUT2D eigenvalue weighted by Crippen LogP contribution is 2.33. The van der Waals surface area contributed by atoms with Gasteiger partial charge in [-0.05, 0) is 99.2 Å².